The maximum absolute atomic E-state index is 11.2. The second kappa shape index (κ2) is 7.37. The normalized spacial score (nSPS) is 9.71. The van der Waals surface area contributed by atoms with Crippen LogP contribution in [0.2, 0.25) is 0 Å². The van der Waals surface area contributed by atoms with Gasteiger partial charge in [0.2, 0.25) is 5.91 Å². The van der Waals surface area contributed by atoms with Gasteiger partial charge < -0.3 is 11.1 Å². The van der Waals surface area contributed by atoms with Gasteiger partial charge in [-0.25, -0.2) is 5.48 Å². The molecule has 0 unspecified atom stereocenters. The molecule has 0 saturated heterocycles. The van der Waals surface area contributed by atoms with Crippen molar-refractivity contribution in [3.63, 3.8) is 0 Å². The number of nitrogens with one attached hydrogen (secondary N) is 2. The van der Waals surface area contributed by atoms with Crippen LogP contribution >= 0.6 is 0 Å². The van der Waals surface area contributed by atoms with E-state index in [1.807, 2.05) is 30.3 Å². The molecular weight excluding hydrogens is 222 g/mol. The molecule has 1 rings (SSSR count). The van der Waals surface area contributed by atoms with Crippen molar-refractivity contribution in [2.75, 3.05) is 13.1 Å². The SMILES string of the molecule is NCC(=O)NCC(=O)NOCc1ccccc1. The summed E-state index contributed by atoms with van der Waals surface area (Å²) in [6.07, 6.45) is 0. The maximum Gasteiger partial charge on any atom is 0.262 e. The van der Waals surface area contributed by atoms with Crippen molar-refractivity contribution in [1.29, 1.82) is 0 Å². The maximum atomic E-state index is 11.2. The van der Waals surface area contributed by atoms with E-state index in [0.29, 0.717) is 0 Å². The van der Waals surface area contributed by atoms with Gasteiger partial charge in [0.25, 0.3) is 5.91 Å². The van der Waals surface area contributed by atoms with Crippen LogP contribution in [0.15, 0.2) is 30.3 Å². The van der Waals surface area contributed by atoms with E-state index < -0.39 is 5.91 Å². The molecule has 0 heterocycles. The zero-order valence-corrected chi connectivity index (χ0v) is 9.31. The highest BCUT2D eigenvalue weighted by atomic mass is 16.6. The summed E-state index contributed by atoms with van der Waals surface area (Å²) in [5.74, 6) is -0.814. The summed E-state index contributed by atoms with van der Waals surface area (Å²) in [6, 6.07) is 9.40. The van der Waals surface area contributed by atoms with Crippen molar-refractivity contribution in [2.45, 2.75) is 6.61 Å². The Labute approximate surface area is 99.1 Å². The number of rotatable bonds is 6. The van der Waals surface area contributed by atoms with E-state index in [2.05, 4.69) is 10.8 Å². The Kier molecular flexibility index (Phi) is 5.70. The lowest BCUT2D eigenvalue weighted by atomic mass is 10.2. The molecule has 0 aliphatic heterocycles. The highest BCUT2D eigenvalue weighted by molar-refractivity contribution is 5.84. The fourth-order valence-electron chi connectivity index (χ4n) is 1.06. The van der Waals surface area contributed by atoms with Crippen LogP contribution in [0.1, 0.15) is 5.56 Å². The number of hydroxylamine groups is 1. The summed E-state index contributed by atoms with van der Waals surface area (Å²) < 4.78 is 0. The molecule has 6 heteroatoms. The van der Waals surface area contributed by atoms with Crippen LogP contribution in [0.4, 0.5) is 0 Å². The van der Waals surface area contributed by atoms with Crippen LogP contribution in [0.5, 0.6) is 0 Å². The van der Waals surface area contributed by atoms with Crippen LogP contribution in [-0.2, 0) is 21.0 Å². The molecule has 0 radical (unpaired) electrons. The Bertz CT molecular complexity index is 367. The van der Waals surface area contributed by atoms with Gasteiger partial charge in [0.15, 0.2) is 0 Å². The lowest BCUT2D eigenvalue weighted by Gasteiger charge is -2.06. The molecule has 6 nitrogen and oxygen atoms in total. The Morgan fingerprint density at radius 3 is 2.53 bits per heavy atom. The summed E-state index contributed by atoms with van der Waals surface area (Å²) >= 11 is 0. The van der Waals surface area contributed by atoms with Crippen LogP contribution in [0.3, 0.4) is 0 Å². The van der Waals surface area contributed by atoms with Gasteiger partial charge in [-0.1, -0.05) is 30.3 Å². The first-order chi connectivity index (χ1) is 8.22. The van der Waals surface area contributed by atoms with Gasteiger partial charge in [-0.3, -0.25) is 14.4 Å². The van der Waals surface area contributed by atoms with Crippen molar-refractivity contribution in [2.24, 2.45) is 5.73 Å². The summed E-state index contributed by atoms with van der Waals surface area (Å²) in [5, 5.41) is 2.32. The molecule has 2 amide bonds. The lowest BCUT2D eigenvalue weighted by Crippen LogP contribution is -2.39. The molecular formula is C11H15N3O3. The minimum Gasteiger partial charge on any atom is -0.346 e. The van der Waals surface area contributed by atoms with Crippen molar-refractivity contribution >= 4 is 11.8 Å². The second-order valence-corrected chi connectivity index (χ2v) is 3.28. The lowest BCUT2D eigenvalue weighted by molar-refractivity contribution is -0.135. The number of hydrogen-bond acceptors (Lipinski definition) is 4. The zero-order valence-electron chi connectivity index (χ0n) is 9.31. The average Bonchev–Trinajstić information content (AvgIpc) is 2.37. The molecule has 17 heavy (non-hydrogen) atoms. The minimum absolute atomic E-state index is 0.141. The third-order valence-corrected chi connectivity index (χ3v) is 1.90. The molecule has 0 aliphatic carbocycles. The quantitative estimate of drug-likeness (QED) is 0.571. The molecule has 4 N–H and O–H groups in total. The van der Waals surface area contributed by atoms with E-state index in [1.54, 1.807) is 0 Å². The van der Waals surface area contributed by atoms with E-state index in [9.17, 15) is 9.59 Å². The highest BCUT2D eigenvalue weighted by Crippen LogP contribution is 1.98. The van der Waals surface area contributed by atoms with Crippen molar-refractivity contribution in [3.8, 4) is 0 Å². The third-order valence-electron chi connectivity index (χ3n) is 1.90. The monoisotopic (exact) mass is 237 g/mol. The van der Waals surface area contributed by atoms with E-state index in [1.165, 1.54) is 0 Å². The van der Waals surface area contributed by atoms with Crippen LogP contribution < -0.4 is 16.5 Å². The van der Waals surface area contributed by atoms with Gasteiger partial charge in [-0.15, -0.1) is 0 Å². The summed E-state index contributed by atoms with van der Waals surface area (Å²) in [5.41, 5.74) is 8.22. The predicted octanol–water partition coefficient (Wildman–Crippen LogP) is -0.691. The Balaban J connectivity index is 2.14. The molecule has 0 aromatic heterocycles. The summed E-state index contributed by atoms with van der Waals surface area (Å²) in [6.45, 7) is -0.0135. The first kappa shape index (κ1) is 13.1. The van der Waals surface area contributed by atoms with Crippen LogP contribution in [0, 0.1) is 0 Å². The van der Waals surface area contributed by atoms with Gasteiger partial charge in [0.05, 0.1) is 19.7 Å². The van der Waals surface area contributed by atoms with Crippen molar-refractivity contribution in [3.05, 3.63) is 35.9 Å². The first-order valence-electron chi connectivity index (χ1n) is 5.13. The zero-order chi connectivity index (χ0) is 12.5. The molecule has 92 valence electrons. The number of amides is 2. The fourth-order valence-corrected chi connectivity index (χ4v) is 1.06. The Morgan fingerprint density at radius 2 is 1.88 bits per heavy atom. The van der Waals surface area contributed by atoms with E-state index in [-0.39, 0.29) is 25.6 Å². The average molecular weight is 237 g/mol. The number of carbonyl (C=O) groups is 2. The standard InChI is InChI=1S/C11H15N3O3/c12-6-10(15)13-7-11(16)14-17-8-9-4-2-1-3-5-9/h1-5H,6-8,12H2,(H,13,15)(H,14,16). The number of carbonyl (C=O) groups excluding carboxylic acids is 2. The second-order valence-electron chi connectivity index (χ2n) is 3.28. The Morgan fingerprint density at radius 1 is 1.18 bits per heavy atom. The highest BCUT2D eigenvalue weighted by Gasteiger charge is 2.03. The molecule has 0 fully saturated rings. The smallest absolute Gasteiger partial charge is 0.262 e. The topological polar surface area (TPSA) is 93.5 Å². The predicted molar refractivity (Wildman–Crippen MR) is 61.4 cm³/mol. The molecule has 0 aliphatic rings. The number of nitrogens with two attached hydrogens (primary N) is 1. The van der Waals surface area contributed by atoms with Gasteiger partial charge >= 0.3 is 0 Å². The fraction of sp³-hybridized carbons (Fsp3) is 0.273. The molecule has 1 aromatic rings. The van der Waals surface area contributed by atoms with E-state index in [4.69, 9.17) is 10.6 Å². The first-order valence-corrected chi connectivity index (χ1v) is 5.13. The molecule has 0 atom stereocenters. The molecule has 0 saturated carbocycles. The third kappa shape index (κ3) is 5.64. The largest absolute Gasteiger partial charge is 0.346 e. The van der Waals surface area contributed by atoms with E-state index in [0.717, 1.165) is 5.56 Å². The van der Waals surface area contributed by atoms with Gasteiger partial charge in [0, 0.05) is 0 Å². The van der Waals surface area contributed by atoms with Crippen LogP contribution in [0.25, 0.3) is 0 Å². The van der Waals surface area contributed by atoms with Gasteiger partial charge in [-0.2, -0.15) is 0 Å². The number of benzene rings is 1. The summed E-state index contributed by atoms with van der Waals surface area (Å²) in [4.78, 5) is 26.9. The molecule has 0 bridgehead atoms. The van der Waals surface area contributed by atoms with Crippen LogP contribution in [-0.4, -0.2) is 24.9 Å². The minimum atomic E-state index is -0.428. The molecule has 0 spiro atoms. The van der Waals surface area contributed by atoms with Crippen molar-refractivity contribution < 1.29 is 14.4 Å². The van der Waals surface area contributed by atoms with E-state index >= 15 is 0 Å². The molecule has 1 aromatic carbocycles. The Hall–Kier alpha value is -1.92. The summed E-state index contributed by atoms with van der Waals surface area (Å²) in [7, 11) is 0. The number of hydrogen-bond donors (Lipinski definition) is 3. The van der Waals surface area contributed by atoms with Gasteiger partial charge in [-0.05, 0) is 5.56 Å². The van der Waals surface area contributed by atoms with Gasteiger partial charge in [0.1, 0.15) is 0 Å². The van der Waals surface area contributed by atoms with Crippen molar-refractivity contribution in [1.82, 2.24) is 10.8 Å².